The van der Waals surface area contributed by atoms with Gasteiger partial charge in [-0.05, 0) is 25.0 Å². The molecule has 0 radical (unpaired) electrons. The van der Waals surface area contributed by atoms with Gasteiger partial charge < -0.3 is 17.7 Å². The molecule has 0 bridgehead atoms. The summed E-state index contributed by atoms with van der Waals surface area (Å²) in [4.78, 5) is 0. The van der Waals surface area contributed by atoms with Crippen LogP contribution < -0.4 is 61.6 Å². The molecule has 0 spiro atoms. The molecule has 0 saturated heterocycles. The van der Waals surface area contributed by atoms with Crippen LogP contribution in [-0.4, -0.2) is 6.98 Å². The molecule has 0 aromatic heterocycles. The van der Waals surface area contributed by atoms with E-state index in [2.05, 4.69) is 0 Å². The van der Waals surface area contributed by atoms with E-state index in [1.165, 1.54) is 0 Å². The normalized spacial score (nSPS) is 10.9. The summed E-state index contributed by atoms with van der Waals surface area (Å²) in [6, 6.07) is 12.0. The first-order valence-corrected chi connectivity index (χ1v) is 6.36. The van der Waals surface area contributed by atoms with Crippen LogP contribution in [0.4, 0.5) is 12.9 Å². The topological polar surface area (TPSA) is 9.23 Å². The van der Waals surface area contributed by atoms with Gasteiger partial charge in [0.1, 0.15) is 6.61 Å². The number of rotatable bonds is 4. The number of ether oxygens (including phenoxy) is 1. The number of hydrogen-bond acceptors (Lipinski definition) is 1. The quantitative estimate of drug-likeness (QED) is 0.763. The fraction of sp³-hybridized carbons (Fsp3) is 0.200. The third-order valence-corrected chi connectivity index (χ3v) is 3.03. The molecular weight excluding hydrogens is 303 g/mol. The van der Waals surface area contributed by atoms with Crippen molar-refractivity contribution < 1.29 is 69.1 Å². The fourth-order valence-corrected chi connectivity index (χ4v) is 2.16. The molecular formula is C15H15BF3KO. The first-order chi connectivity index (χ1) is 9.38. The summed E-state index contributed by atoms with van der Waals surface area (Å²) in [6.45, 7) is -1.67. The number of aryl methyl sites for hydroxylation is 2. The average Bonchev–Trinajstić information content (AvgIpc) is 2.37. The van der Waals surface area contributed by atoms with Gasteiger partial charge in [-0.3, -0.25) is 0 Å². The molecule has 2 aromatic rings. The van der Waals surface area contributed by atoms with Crippen LogP contribution in [0.5, 0.6) is 5.75 Å². The Morgan fingerprint density at radius 1 is 1.00 bits per heavy atom. The molecule has 0 aliphatic rings. The second-order valence-corrected chi connectivity index (χ2v) is 4.85. The van der Waals surface area contributed by atoms with Crippen molar-refractivity contribution in [1.29, 1.82) is 0 Å². The van der Waals surface area contributed by atoms with Crippen molar-refractivity contribution in [3.8, 4) is 5.75 Å². The molecule has 0 fully saturated rings. The van der Waals surface area contributed by atoms with E-state index in [0.29, 0.717) is 11.1 Å². The van der Waals surface area contributed by atoms with Crippen LogP contribution in [0.25, 0.3) is 0 Å². The smallest absolute Gasteiger partial charge is 0.492 e. The van der Waals surface area contributed by atoms with Crippen LogP contribution in [-0.2, 0) is 6.61 Å². The van der Waals surface area contributed by atoms with E-state index in [-0.39, 0.29) is 63.7 Å². The van der Waals surface area contributed by atoms with Crippen molar-refractivity contribution in [2.45, 2.75) is 20.5 Å². The van der Waals surface area contributed by atoms with E-state index in [1.807, 2.05) is 30.3 Å². The summed E-state index contributed by atoms with van der Waals surface area (Å²) < 4.78 is 44.8. The molecule has 0 saturated carbocycles. The Bertz CT molecular complexity index is 600. The summed E-state index contributed by atoms with van der Waals surface area (Å²) in [6.07, 6.45) is 0. The molecule has 2 aromatic carbocycles. The minimum Gasteiger partial charge on any atom is -0.492 e. The molecule has 0 aliphatic carbocycles. The maximum absolute atomic E-state index is 13.1. The van der Waals surface area contributed by atoms with E-state index in [0.717, 1.165) is 11.6 Å². The van der Waals surface area contributed by atoms with Gasteiger partial charge >= 0.3 is 58.4 Å². The van der Waals surface area contributed by atoms with Crippen LogP contribution in [0.2, 0.25) is 0 Å². The minimum absolute atomic E-state index is 0. The van der Waals surface area contributed by atoms with Crippen molar-refractivity contribution in [1.82, 2.24) is 0 Å². The van der Waals surface area contributed by atoms with Crippen LogP contribution in [0.1, 0.15) is 16.7 Å². The first-order valence-electron chi connectivity index (χ1n) is 6.36. The van der Waals surface area contributed by atoms with E-state index < -0.39 is 12.4 Å². The van der Waals surface area contributed by atoms with Crippen LogP contribution in [0.3, 0.4) is 0 Å². The molecule has 1 nitrogen and oxygen atoms in total. The van der Waals surface area contributed by atoms with Crippen LogP contribution >= 0.6 is 0 Å². The summed E-state index contributed by atoms with van der Waals surface area (Å²) in [5, 5.41) is 0. The maximum Gasteiger partial charge on any atom is 1.00 e. The van der Waals surface area contributed by atoms with Crippen molar-refractivity contribution in [2.24, 2.45) is 0 Å². The zero-order valence-corrected chi connectivity index (χ0v) is 15.5. The van der Waals surface area contributed by atoms with Crippen molar-refractivity contribution >= 4 is 12.4 Å². The Morgan fingerprint density at radius 3 is 2.19 bits per heavy atom. The van der Waals surface area contributed by atoms with Crippen molar-refractivity contribution in [2.75, 3.05) is 0 Å². The van der Waals surface area contributed by atoms with Gasteiger partial charge in [0.2, 0.25) is 0 Å². The molecule has 6 heteroatoms. The summed E-state index contributed by atoms with van der Waals surface area (Å²) in [5.74, 6) is -0.0630. The summed E-state index contributed by atoms with van der Waals surface area (Å²) in [7, 11) is 0. The third-order valence-electron chi connectivity index (χ3n) is 3.03. The zero-order valence-electron chi connectivity index (χ0n) is 12.4. The fourth-order valence-electron chi connectivity index (χ4n) is 2.16. The second kappa shape index (κ2) is 7.83. The minimum atomic E-state index is -5.08. The van der Waals surface area contributed by atoms with Gasteiger partial charge in [0.15, 0.2) is 0 Å². The second-order valence-electron chi connectivity index (χ2n) is 4.85. The molecule has 0 aliphatic heterocycles. The Morgan fingerprint density at radius 2 is 1.62 bits per heavy atom. The van der Waals surface area contributed by atoms with Gasteiger partial charge in [-0.25, -0.2) is 0 Å². The van der Waals surface area contributed by atoms with Crippen LogP contribution in [0.15, 0.2) is 42.5 Å². The van der Waals surface area contributed by atoms with Gasteiger partial charge in [0, 0.05) is 0 Å². The molecule has 106 valence electrons. The third kappa shape index (κ3) is 5.14. The Hall–Kier alpha value is -0.269. The van der Waals surface area contributed by atoms with Gasteiger partial charge in [-0.15, -0.1) is 0 Å². The average molecular weight is 318 g/mol. The summed E-state index contributed by atoms with van der Waals surface area (Å²) >= 11 is 0. The predicted octanol–water partition coefficient (Wildman–Crippen LogP) is 0.941. The number of benzene rings is 2. The molecule has 21 heavy (non-hydrogen) atoms. The van der Waals surface area contributed by atoms with Gasteiger partial charge in [-0.2, -0.15) is 0 Å². The van der Waals surface area contributed by atoms with Crippen molar-refractivity contribution in [3.63, 3.8) is 0 Å². The van der Waals surface area contributed by atoms with Gasteiger partial charge in [0.25, 0.3) is 0 Å². The molecule has 0 atom stereocenters. The zero-order chi connectivity index (χ0) is 14.8. The Kier molecular flexibility index (Phi) is 7.00. The number of hydrogen-bond donors (Lipinski definition) is 0. The molecule has 0 heterocycles. The maximum atomic E-state index is 13.1. The molecule has 2 rings (SSSR count). The molecule has 0 amide bonds. The molecule has 0 unspecified atom stereocenters. The Balaban J connectivity index is 0.00000220. The Labute approximate surface area is 165 Å². The van der Waals surface area contributed by atoms with Crippen molar-refractivity contribution in [3.05, 3.63) is 59.2 Å². The number of halogens is 3. The van der Waals surface area contributed by atoms with Gasteiger partial charge in [-0.1, -0.05) is 53.5 Å². The van der Waals surface area contributed by atoms with Gasteiger partial charge in [0.05, 0.1) is 5.75 Å². The monoisotopic (exact) mass is 318 g/mol. The van der Waals surface area contributed by atoms with Crippen LogP contribution in [0, 0.1) is 13.8 Å². The van der Waals surface area contributed by atoms with E-state index in [9.17, 15) is 12.9 Å². The standard InChI is InChI=1S/C15H15BF3O.K/c1-11-8-12(2)15(14(9-11)16(17,18)19)20-10-13-6-4-3-5-7-13;/h3-9H,10H2,1-2H3;/q-1;+1. The summed E-state index contributed by atoms with van der Waals surface area (Å²) in [5.41, 5.74) is 1.28. The van der Waals surface area contributed by atoms with E-state index in [4.69, 9.17) is 4.74 Å². The first kappa shape index (κ1) is 18.8. The SMILES string of the molecule is Cc1cc(C)c(OCc2ccccc2)c([B-](F)(F)F)c1.[K+]. The molecule has 0 N–H and O–H groups in total. The van der Waals surface area contributed by atoms with E-state index in [1.54, 1.807) is 19.9 Å². The predicted molar refractivity (Wildman–Crippen MR) is 75.4 cm³/mol. The van der Waals surface area contributed by atoms with E-state index >= 15 is 0 Å². The largest absolute Gasteiger partial charge is 1.00 e.